The van der Waals surface area contributed by atoms with Crippen LogP contribution in [0.25, 0.3) is 0 Å². The summed E-state index contributed by atoms with van der Waals surface area (Å²) < 4.78 is 0. The van der Waals surface area contributed by atoms with Crippen LogP contribution in [0.2, 0.25) is 0 Å². The monoisotopic (exact) mass is 120 g/mol. The molecule has 3 heteroatoms. The van der Waals surface area contributed by atoms with E-state index in [9.17, 15) is 0 Å². The van der Waals surface area contributed by atoms with Crippen LogP contribution in [0, 0.1) is 0 Å². The van der Waals surface area contributed by atoms with Crippen LogP contribution in [-0.2, 0) is 0 Å². The van der Waals surface area contributed by atoms with E-state index in [4.69, 9.17) is 0 Å². The van der Waals surface area contributed by atoms with Crippen LogP contribution >= 0.6 is 9.24 Å². The molecular weight excluding hydrogens is 113 g/mol. The fraction of sp³-hybridized carbons (Fsp3) is 1.00. The van der Waals surface area contributed by atoms with Crippen molar-refractivity contribution >= 4 is 9.24 Å². The van der Waals surface area contributed by atoms with Gasteiger partial charge in [0.15, 0.2) is 0 Å². The van der Waals surface area contributed by atoms with Crippen LogP contribution in [-0.4, -0.2) is 5.66 Å². The first-order valence-electron chi connectivity index (χ1n) is 1.41. The van der Waals surface area contributed by atoms with E-state index in [1.165, 1.54) is 0 Å². The predicted octanol–water partition coefficient (Wildman–Crippen LogP) is -4.19. The summed E-state index contributed by atoms with van der Waals surface area (Å²) in [6.45, 7) is 4.06. The molecule has 6 heavy (non-hydrogen) atoms. The van der Waals surface area contributed by atoms with Crippen molar-refractivity contribution in [2.24, 2.45) is 0 Å². The zero-order chi connectivity index (χ0) is 3.58. The molecular formula is C3H7Na2P. The van der Waals surface area contributed by atoms with Crippen molar-refractivity contribution in [3.8, 4) is 0 Å². The molecule has 0 rings (SSSR count). The quantitative estimate of drug-likeness (QED) is 0.225. The van der Waals surface area contributed by atoms with Crippen LogP contribution in [0.5, 0.6) is 0 Å². The van der Waals surface area contributed by atoms with E-state index < -0.39 is 0 Å². The Bertz CT molecular complexity index is 13.5. The molecule has 0 nitrogen and oxygen atoms in total. The Kier molecular flexibility index (Phi) is 27.4. The molecule has 0 aromatic heterocycles. The summed E-state index contributed by atoms with van der Waals surface area (Å²) in [5.41, 5.74) is 0.528. The summed E-state index contributed by atoms with van der Waals surface area (Å²) in [5, 5.41) is 0. The van der Waals surface area contributed by atoms with Crippen molar-refractivity contribution < 1.29 is 59.1 Å². The summed E-state index contributed by atoms with van der Waals surface area (Å²) >= 11 is 0. The second-order valence-corrected chi connectivity index (χ2v) is 2.13. The van der Waals surface area contributed by atoms with E-state index in [1.54, 1.807) is 0 Å². The first-order chi connectivity index (χ1) is 1.73. The minimum atomic E-state index is 0. The van der Waals surface area contributed by atoms with Gasteiger partial charge in [-0.1, -0.05) is 0 Å². The van der Waals surface area contributed by atoms with Crippen molar-refractivity contribution in [2.45, 2.75) is 19.5 Å². The normalized spacial score (nSPS) is 6.00. The standard InChI is InChI=1S/C3H7P.2Na/c1-3(2)4;;/h3H,1-2H3;;/q-2;2*+1. The molecule has 0 atom stereocenters. The molecule has 0 aliphatic rings. The predicted molar refractivity (Wildman–Crippen MR) is 22.1 cm³/mol. The molecule has 0 saturated carbocycles. The molecule has 0 aromatic rings. The first-order valence-corrected chi connectivity index (χ1v) is 1.93. The molecule has 0 heterocycles. The molecule has 0 unspecified atom stereocenters. The van der Waals surface area contributed by atoms with Crippen LogP contribution in [0.3, 0.4) is 0 Å². The van der Waals surface area contributed by atoms with Gasteiger partial charge in [-0.2, -0.15) is 0 Å². The van der Waals surface area contributed by atoms with Gasteiger partial charge in [-0.05, 0) is 0 Å². The molecule has 0 fully saturated rings. The van der Waals surface area contributed by atoms with E-state index in [0.717, 1.165) is 0 Å². The molecule has 0 aliphatic heterocycles. The van der Waals surface area contributed by atoms with Crippen LogP contribution in [0.15, 0.2) is 0 Å². The minimum Gasteiger partial charge on any atom is -1.49 e. The number of hydrogen-bond donors (Lipinski definition) is 0. The van der Waals surface area contributed by atoms with Gasteiger partial charge in [0, 0.05) is 0 Å². The van der Waals surface area contributed by atoms with Gasteiger partial charge >= 0.3 is 59.1 Å². The second-order valence-electron chi connectivity index (χ2n) is 1.09. The zero-order valence-electron chi connectivity index (χ0n) is 5.02. The third-order valence-corrected chi connectivity index (χ3v) is 0. The molecule has 0 amide bonds. The largest absolute Gasteiger partial charge is 1.49 e. The Morgan fingerprint density at radius 1 is 1.17 bits per heavy atom. The Balaban J connectivity index is -0.0000000450. The summed E-state index contributed by atoms with van der Waals surface area (Å²) in [5.74, 6) is 0. The maximum Gasteiger partial charge on any atom is 1.00 e. The maximum atomic E-state index is 3.97. The first kappa shape index (κ1) is 15.8. The van der Waals surface area contributed by atoms with Crippen molar-refractivity contribution in [1.82, 2.24) is 0 Å². The number of hydrogen-bond acceptors (Lipinski definition) is 0. The number of rotatable bonds is 0. The molecule has 0 spiro atoms. The van der Waals surface area contributed by atoms with Gasteiger partial charge in [-0.25, -0.2) is 0 Å². The van der Waals surface area contributed by atoms with E-state index in [2.05, 4.69) is 9.24 Å². The molecule has 0 saturated heterocycles. The van der Waals surface area contributed by atoms with Gasteiger partial charge in [-0.15, -0.1) is 13.8 Å². The minimum absolute atomic E-state index is 0. The molecule has 0 aliphatic carbocycles. The van der Waals surface area contributed by atoms with Crippen LogP contribution in [0.1, 0.15) is 13.8 Å². The molecule has 0 aromatic carbocycles. The second kappa shape index (κ2) is 10.4. The van der Waals surface area contributed by atoms with Gasteiger partial charge in [-0.3, -0.25) is 0 Å². The van der Waals surface area contributed by atoms with Crippen molar-refractivity contribution in [2.75, 3.05) is 0 Å². The fourth-order valence-electron chi connectivity index (χ4n) is 0. The molecule has 0 radical (unpaired) electrons. The summed E-state index contributed by atoms with van der Waals surface area (Å²) in [6.07, 6.45) is 0. The third kappa shape index (κ3) is 32.1. The van der Waals surface area contributed by atoms with Crippen molar-refractivity contribution in [3.05, 3.63) is 0 Å². The SMILES string of the molecule is CC(C)[P-2].[Na+].[Na+]. The average Bonchev–Trinajstić information content (AvgIpc) is 0.811. The van der Waals surface area contributed by atoms with Gasteiger partial charge in [0.25, 0.3) is 0 Å². The van der Waals surface area contributed by atoms with E-state index >= 15 is 0 Å². The maximum absolute atomic E-state index is 3.97. The van der Waals surface area contributed by atoms with Crippen molar-refractivity contribution in [3.63, 3.8) is 0 Å². The molecule has 26 valence electrons. The Hall–Kier alpha value is 2.43. The summed E-state index contributed by atoms with van der Waals surface area (Å²) in [4.78, 5) is 0. The zero-order valence-corrected chi connectivity index (χ0v) is 9.92. The molecule has 0 bridgehead atoms. The van der Waals surface area contributed by atoms with E-state index in [-0.39, 0.29) is 59.1 Å². The third-order valence-electron chi connectivity index (χ3n) is 0. The van der Waals surface area contributed by atoms with Gasteiger partial charge in [0.2, 0.25) is 0 Å². The van der Waals surface area contributed by atoms with E-state index in [0.29, 0.717) is 5.66 Å². The topological polar surface area (TPSA) is 0 Å². The van der Waals surface area contributed by atoms with Crippen LogP contribution in [0.4, 0.5) is 0 Å². The van der Waals surface area contributed by atoms with E-state index in [1.807, 2.05) is 13.8 Å². The average molecular weight is 120 g/mol. The summed E-state index contributed by atoms with van der Waals surface area (Å²) in [6, 6.07) is 0. The Labute approximate surface area is 86.6 Å². The van der Waals surface area contributed by atoms with Crippen LogP contribution < -0.4 is 59.1 Å². The Morgan fingerprint density at radius 2 is 1.17 bits per heavy atom. The summed E-state index contributed by atoms with van der Waals surface area (Å²) in [7, 11) is 3.97. The van der Waals surface area contributed by atoms with Crippen molar-refractivity contribution in [1.29, 1.82) is 0 Å². The Morgan fingerprint density at radius 3 is 1.17 bits per heavy atom. The van der Waals surface area contributed by atoms with Gasteiger partial charge < -0.3 is 14.9 Å². The van der Waals surface area contributed by atoms with Gasteiger partial charge in [0.1, 0.15) is 0 Å². The molecule has 0 N–H and O–H groups in total. The fourth-order valence-corrected chi connectivity index (χ4v) is 0. The van der Waals surface area contributed by atoms with Gasteiger partial charge in [0.05, 0.1) is 0 Å². The smallest absolute Gasteiger partial charge is 1.00 e.